The minimum atomic E-state index is -4.66. The summed E-state index contributed by atoms with van der Waals surface area (Å²) in [5, 5.41) is 2.72. The molecule has 0 amide bonds. The molecule has 1 aliphatic carbocycles. The van der Waals surface area contributed by atoms with Crippen molar-refractivity contribution >= 4 is 16.9 Å². The number of nitrogens with zero attached hydrogens (tertiary/aromatic N) is 2. The van der Waals surface area contributed by atoms with Crippen molar-refractivity contribution in [1.29, 1.82) is 0 Å². The molecular formula is C22H16F3N3O. The Morgan fingerprint density at radius 3 is 2.59 bits per heavy atom. The number of halogens is 3. The highest BCUT2D eigenvalue weighted by Gasteiger charge is 2.34. The van der Waals surface area contributed by atoms with Crippen LogP contribution in [-0.4, -0.2) is 9.55 Å². The fourth-order valence-corrected chi connectivity index (χ4v) is 3.24. The average molecular weight is 395 g/mol. The number of alkyl halides is 3. The van der Waals surface area contributed by atoms with Gasteiger partial charge in [0.2, 0.25) is 0 Å². The lowest BCUT2D eigenvalue weighted by Crippen LogP contribution is -2.19. The van der Waals surface area contributed by atoms with Crippen LogP contribution in [-0.2, 0) is 6.18 Å². The molecule has 0 atom stereocenters. The third kappa shape index (κ3) is 3.71. The molecule has 1 aromatic carbocycles. The minimum Gasteiger partial charge on any atom is -0.344 e. The zero-order chi connectivity index (χ0) is 20.4. The van der Waals surface area contributed by atoms with Gasteiger partial charge in [0, 0.05) is 30.1 Å². The monoisotopic (exact) mass is 395 g/mol. The van der Waals surface area contributed by atoms with Gasteiger partial charge in [-0.05, 0) is 24.3 Å². The number of nitrogens with one attached hydrogen (secondary N) is 1. The van der Waals surface area contributed by atoms with Gasteiger partial charge in [0.25, 0.3) is 0 Å². The average Bonchev–Trinajstić information content (AvgIpc) is 2.96. The molecule has 4 nitrogen and oxygen atoms in total. The highest BCUT2D eigenvalue weighted by atomic mass is 19.4. The summed E-state index contributed by atoms with van der Waals surface area (Å²) in [6.45, 7) is 0. The van der Waals surface area contributed by atoms with Crippen molar-refractivity contribution in [2.45, 2.75) is 12.6 Å². The number of benzene rings is 1. The predicted octanol–water partition coefficient (Wildman–Crippen LogP) is 5.22. The molecule has 7 heteroatoms. The van der Waals surface area contributed by atoms with Crippen LogP contribution in [0.1, 0.15) is 12.0 Å². The van der Waals surface area contributed by atoms with Crippen molar-refractivity contribution in [3.05, 3.63) is 101 Å². The fourth-order valence-electron chi connectivity index (χ4n) is 3.24. The van der Waals surface area contributed by atoms with Crippen molar-refractivity contribution in [2.75, 3.05) is 5.32 Å². The van der Waals surface area contributed by atoms with E-state index in [0.717, 1.165) is 18.0 Å². The molecule has 3 aromatic rings. The van der Waals surface area contributed by atoms with Crippen LogP contribution in [0.3, 0.4) is 0 Å². The second-order valence-corrected chi connectivity index (χ2v) is 6.45. The Hall–Kier alpha value is -3.61. The number of para-hydroxylation sites is 1. The van der Waals surface area contributed by atoms with Gasteiger partial charge in [-0.25, -0.2) is 4.98 Å². The largest absolute Gasteiger partial charge is 0.417 e. The van der Waals surface area contributed by atoms with Gasteiger partial charge in [0.05, 0.1) is 10.9 Å². The maximum Gasteiger partial charge on any atom is 0.417 e. The molecule has 0 radical (unpaired) electrons. The first-order chi connectivity index (χ1) is 13.9. The lowest BCUT2D eigenvalue weighted by atomic mass is 10.1. The van der Waals surface area contributed by atoms with Gasteiger partial charge < -0.3 is 5.32 Å². The zero-order valence-corrected chi connectivity index (χ0v) is 15.1. The summed E-state index contributed by atoms with van der Waals surface area (Å²) in [4.78, 5) is 16.9. The number of fused-ring (bicyclic) bond motifs is 1. The van der Waals surface area contributed by atoms with Crippen molar-refractivity contribution in [2.24, 2.45) is 0 Å². The van der Waals surface area contributed by atoms with Crippen LogP contribution < -0.4 is 10.7 Å². The molecule has 2 aromatic heterocycles. The molecular weight excluding hydrogens is 379 g/mol. The highest BCUT2D eigenvalue weighted by Crippen LogP contribution is 2.34. The summed E-state index contributed by atoms with van der Waals surface area (Å²) in [5.41, 5.74) is -0.405. The second-order valence-electron chi connectivity index (χ2n) is 6.45. The SMILES string of the molecule is O=c1cc(NC2=CC=CC=CC2)n(-c2ccccc2)c2nccc(C(F)(F)F)c12. The van der Waals surface area contributed by atoms with E-state index in [1.54, 1.807) is 30.3 Å². The summed E-state index contributed by atoms with van der Waals surface area (Å²) in [6, 6.07) is 10.9. The van der Waals surface area contributed by atoms with E-state index in [-0.39, 0.29) is 5.65 Å². The van der Waals surface area contributed by atoms with Crippen LogP contribution in [0.25, 0.3) is 16.7 Å². The Kier molecular flexibility index (Phi) is 4.80. The van der Waals surface area contributed by atoms with E-state index < -0.39 is 22.6 Å². The van der Waals surface area contributed by atoms with E-state index in [0.29, 0.717) is 17.9 Å². The first-order valence-electron chi connectivity index (χ1n) is 8.92. The smallest absolute Gasteiger partial charge is 0.344 e. The summed E-state index contributed by atoms with van der Waals surface area (Å²) in [7, 11) is 0. The van der Waals surface area contributed by atoms with Gasteiger partial charge in [0.15, 0.2) is 11.1 Å². The normalized spacial score (nSPS) is 14.0. The highest BCUT2D eigenvalue weighted by molar-refractivity contribution is 5.83. The Bertz CT molecular complexity index is 1210. The Labute approximate surface area is 164 Å². The lowest BCUT2D eigenvalue weighted by molar-refractivity contribution is -0.136. The van der Waals surface area contributed by atoms with Gasteiger partial charge in [-0.2, -0.15) is 13.2 Å². The van der Waals surface area contributed by atoms with Crippen molar-refractivity contribution in [3.63, 3.8) is 0 Å². The molecule has 0 saturated carbocycles. The van der Waals surface area contributed by atoms with Gasteiger partial charge in [-0.3, -0.25) is 9.36 Å². The Balaban J connectivity index is 2.01. The van der Waals surface area contributed by atoms with E-state index in [9.17, 15) is 18.0 Å². The fraction of sp³-hybridized carbons (Fsp3) is 0.0909. The Morgan fingerprint density at radius 2 is 1.83 bits per heavy atom. The number of aromatic nitrogens is 2. The molecule has 0 bridgehead atoms. The summed E-state index contributed by atoms with van der Waals surface area (Å²) in [6.07, 6.45) is 6.40. The van der Waals surface area contributed by atoms with Crippen LogP contribution in [0.15, 0.2) is 89.5 Å². The quantitative estimate of drug-likeness (QED) is 0.662. The van der Waals surface area contributed by atoms with Gasteiger partial charge in [-0.15, -0.1) is 0 Å². The van der Waals surface area contributed by atoms with E-state index in [4.69, 9.17) is 0 Å². The number of rotatable bonds is 3. The number of hydrogen-bond donors (Lipinski definition) is 1. The standard InChI is InChI=1S/C22H16F3N3O/c23-22(24,25)17-12-13-26-21-20(17)18(29)14-19(27-15-8-4-1-2-5-9-15)28(21)16-10-6-3-7-11-16/h1-8,10-14,27H,9H2. The molecule has 1 aliphatic rings. The first kappa shape index (κ1) is 18.7. The maximum absolute atomic E-state index is 13.5. The maximum atomic E-state index is 13.5. The molecule has 1 N–H and O–H groups in total. The number of allylic oxidation sites excluding steroid dienone is 5. The summed E-state index contributed by atoms with van der Waals surface area (Å²) in [5.74, 6) is 0.343. The third-order valence-electron chi connectivity index (χ3n) is 4.50. The molecule has 0 unspecified atom stereocenters. The van der Waals surface area contributed by atoms with E-state index >= 15 is 0 Å². The second kappa shape index (κ2) is 7.43. The molecule has 0 saturated heterocycles. The van der Waals surface area contributed by atoms with Gasteiger partial charge in [0.1, 0.15) is 5.82 Å². The third-order valence-corrected chi connectivity index (χ3v) is 4.50. The molecule has 0 fully saturated rings. The van der Waals surface area contributed by atoms with E-state index in [1.165, 1.54) is 10.6 Å². The molecule has 0 aliphatic heterocycles. The minimum absolute atomic E-state index is 0.0543. The molecule has 2 heterocycles. The van der Waals surface area contributed by atoms with Crippen LogP contribution in [0.5, 0.6) is 0 Å². The van der Waals surface area contributed by atoms with Gasteiger partial charge >= 0.3 is 6.18 Å². The molecule has 4 rings (SSSR count). The lowest BCUT2D eigenvalue weighted by Gasteiger charge is -2.20. The molecule has 0 spiro atoms. The summed E-state index contributed by atoms with van der Waals surface area (Å²) < 4.78 is 42.1. The van der Waals surface area contributed by atoms with Crippen molar-refractivity contribution < 1.29 is 13.2 Å². The van der Waals surface area contributed by atoms with Gasteiger partial charge in [-0.1, -0.05) is 42.5 Å². The van der Waals surface area contributed by atoms with Crippen molar-refractivity contribution in [3.8, 4) is 5.69 Å². The Morgan fingerprint density at radius 1 is 1.03 bits per heavy atom. The summed E-state index contributed by atoms with van der Waals surface area (Å²) >= 11 is 0. The first-order valence-corrected chi connectivity index (χ1v) is 8.92. The van der Waals surface area contributed by atoms with Crippen molar-refractivity contribution in [1.82, 2.24) is 9.55 Å². The molecule has 29 heavy (non-hydrogen) atoms. The topological polar surface area (TPSA) is 46.9 Å². The van der Waals surface area contributed by atoms with Crippen LogP contribution in [0.4, 0.5) is 19.0 Å². The van der Waals surface area contributed by atoms with E-state index in [2.05, 4.69) is 10.3 Å². The van der Waals surface area contributed by atoms with Crippen LogP contribution in [0.2, 0.25) is 0 Å². The van der Waals surface area contributed by atoms with Crippen LogP contribution in [0, 0.1) is 0 Å². The number of anilines is 1. The number of hydrogen-bond acceptors (Lipinski definition) is 3. The zero-order valence-electron chi connectivity index (χ0n) is 15.1. The number of pyridine rings is 2. The predicted molar refractivity (Wildman–Crippen MR) is 107 cm³/mol. The van der Waals surface area contributed by atoms with E-state index in [1.807, 2.05) is 30.4 Å². The van der Waals surface area contributed by atoms with Crippen LogP contribution >= 0.6 is 0 Å². The molecule has 146 valence electrons.